The highest BCUT2D eigenvalue weighted by molar-refractivity contribution is 5.90. The van der Waals surface area contributed by atoms with E-state index in [1.165, 1.54) is 0 Å². The van der Waals surface area contributed by atoms with Crippen molar-refractivity contribution in [1.82, 2.24) is 10.2 Å². The van der Waals surface area contributed by atoms with Crippen molar-refractivity contribution in [3.05, 3.63) is 12.2 Å². The van der Waals surface area contributed by atoms with Gasteiger partial charge in [-0.25, -0.2) is 0 Å². The van der Waals surface area contributed by atoms with Gasteiger partial charge in [-0.05, 0) is 18.8 Å². The molecular formula is C13H20N2O2. The third kappa shape index (κ3) is 2.35. The third-order valence-electron chi connectivity index (χ3n) is 3.53. The summed E-state index contributed by atoms with van der Waals surface area (Å²) in [5, 5.41) is 2.84. The Bertz CT molecular complexity index is 341. The SMILES string of the molecule is CC(C)C1C(=O)NCCN1C(=O)C1CC=CC1. The maximum absolute atomic E-state index is 12.4. The van der Waals surface area contributed by atoms with E-state index >= 15 is 0 Å². The number of allylic oxidation sites excluding steroid dienone is 2. The number of rotatable bonds is 2. The van der Waals surface area contributed by atoms with Crippen LogP contribution in [0.25, 0.3) is 0 Å². The molecule has 1 saturated heterocycles. The Labute approximate surface area is 102 Å². The molecule has 4 nitrogen and oxygen atoms in total. The molecule has 0 spiro atoms. The lowest BCUT2D eigenvalue weighted by Gasteiger charge is -2.38. The lowest BCUT2D eigenvalue weighted by Crippen LogP contribution is -2.60. The van der Waals surface area contributed by atoms with E-state index in [2.05, 4.69) is 17.5 Å². The minimum absolute atomic E-state index is 0.00874. The van der Waals surface area contributed by atoms with Gasteiger partial charge in [0.05, 0.1) is 0 Å². The van der Waals surface area contributed by atoms with Gasteiger partial charge >= 0.3 is 0 Å². The summed E-state index contributed by atoms with van der Waals surface area (Å²) in [6, 6.07) is -0.295. The molecule has 0 aromatic carbocycles. The van der Waals surface area contributed by atoms with Gasteiger partial charge in [-0.2, -0.15) is 0 Å². The Hall–Kier alpha value is -1.32. The van der Waals surface area contributed by atoms with Crippen molar-refractivity contribution in [3.63, 3.8) is 0 Å². The summed E-state index contributed by atoms with van der Waals surface area (Å²) in [5.74, 6) is 0.352. The molecule has 2 amide bonds. The normalized spacial score (nSPS) is 25.5. The molecule has 94 valence electrons. The Morgan fingerprint density at radius 2 is 2.06 bits per heavy atom. The number of amides is 2. The molecule has 2 aliphatic rings. The zero-order valence-corrected chi connectivity index (χ0v) is 10.5. The monoisotopic (exact) mass is 236 g/mol. The molecule has 1 aliphatic heterocycles. The molecule has 1 N–H and O–H groups in total. The van der Waals surface area contributed by atoms with Crippen LogP contribution >= 0.6 is 0 Å². The fourth-order valence-corrected chi connectivity index (χ4v) is 2.65. The van der Waals surface area contributed by atoms with E-state index in [0.29, 0.717) is 13.1 Å². The fourth-order valence-electron chi connectivity index (χ4n) is 2.65. The molecule has 1 fully saturated rings. The Morgan fingerprint density at radius 3 is 2.65 bits per heavy atom. The predicted molar refractivity (Wildman–Crippen MR) is 65.2 cm³/mol. The van der Waals surface area contributed by atoms with E-state index in [-0.39, 0.29) is 29.7 Å². The number of hydrogen-bond acceptors (Lipinski definition) is 2. The van der Waals surface area contributed by atoms with Crippen molar-refractivity contribution >= 4 is 11.8 Å². The number of piperazine rings is 1. The van der Waals surface area contributed by atoms with Gasteiger partial charge in [0.15, 0.2) is 0 Å². The lowest BCUT2D eigenvalue weighted by molar-refractivity contribution is -0.147. The van der Waals surface area contributed by atoms with Crippen molar-refractivity contribution in [2.75, 3.05) is 13.1 Å². The first kappa shape index (κ1) is 12.1. The van der Waals surface area contributed by atoms with Crippen LogP contribution in [-0.4, -0.2) is 35.8 Å². The van der Waals surface area contributed by atoms with Gasteiger partial charge in [-0.1, -0.05) is 26.0 Å². The molecule has 4 heteroatoms. The van der Waals surface area contributed by atoms with Crippen LogP contribution < -0.4 is 5.32 Å². The largest absolute Gasteiger partial charge is 0.353 e. The topological polar surface area (TPSA) is 49.4 Å². The van der Waals surface area contributed by atoms with Crippen LogP contribution in [0.2, 0.25) is 0 Å². The zero-order chi connectivity index (χ0) is 12.4. The summed E-state index contributed by atoms with van der Waals surface area (Å²) in [7, 11) is 0. The molecule has 0 radical (unpaired) electrons. The highest BCUT2D eigenvalue weighted by Crippen LogP contribution is 2.24. The summed E-state index contributed by atoms with van der Waals surface area (Å²) >= 11 is 0. The molecule has 0 bridgehead atoms. The number of nitrogens with one attached hydrogen (secondary N) is 1. The summed E-state index contributed by atoms with van der Waals surface area (Å²) in [6.07, 6.45) is 5.75. The van der Waals surface area contributed by atoms with E-state index < -0.39 is 0 Å². The quantitative estimate of drug-likeness (QED) is 0.725. The second-order valence-corrected chi connectivity index (χ2v) is 5.15. The van der Waals surface area contributed by atoms with Crippen LogP contribution in [0.5, 0.6) is 0 Å². The van der Waals surface area contributed by atoms with E-state index in [4.69, 9.17) is 0 Å². The van der Waals surface area contributed by atoms with E-state index in [9.17, 15) is 9.59 Å². The van der Waals surface area contributed by atoms with Crippen LogP contribution in [0.1, 0.15) is 26.7 Å². The van der Waals surface area contributed by atoms with E-state index in [1.807, 2.05) is 13.8 Å². The number of hydrogen-bond donors (Lipinski definition) is 1. The molecule has 0 aromatic rings. The van der Waals surface area contributed by atoms with Crippen molar-refractivity contribution < 1.29 is 9.59 Å². The summed E-state index contributed by atoms with van der Waals surface area (Å²) in [5.41, 5.74) is 0. The molecule has 1 aliphatic carbocycles. The molecular weight excluding hydrogens is 216 g/mol. The first-order valence-electron chi connectivity index (χ1n) is 6.34. The molecule has 0 saturated carbocycles. The van der Waals surface area contributed by atoms with Gasteiger partial charge in [-0.3, -0.25) is 9.59 Å². The zero-order valence-electron chi connectivity index (χ0n) is 10.5. The van der Waals surface area contributed by atoms with Crippen LogP contribution in [0.4, 0.5) is 0 Å². The van der Waals surface area contributed by atoms with E-state index in [1.54, 1.807) is 4.90 Å². The summed E-state index contributed by atoms with van der Waals surface area (Å²) in [4.78, 5) is 26.0. The van der Waals surface area contributed by atoms with Crippen LogP contribution in [0, 0.1) is 11.8 Å². The minimum atomic E-state index is -0.295. The standard InChI is InChI=1S/C13H20N2O2/c1-9(2)11-12(16)14-7-8-15(11)13(17)10-5-3-4-6-10/h3-4,9-11H,5-8H2,1-2H3,(H,14,16). The van der Waals surface area contributed by atoms with Crippen molar-refractivity contribution in [2.45, 2.75) is 32.7 Å². The third-order valence-corrected chi connectivity index (χ3v) is 3.53. The second-order valence-electron chi connectivity index (χ2n) is 5.15. The number of nitrogens with zero attached hydrogens (tertiary/aromatic N) is 1. The number of carbonyl (C=O) groups excluding carboxylic acids is 2. The molecule has 17 heavy (non-hydrogen) atoms. The van der Waals surface area contributed by atoms with Crippen molar-refractivity contribution in [1.29, 1.82) is 0 Å². The molecule has 2 rings (SSSR count). The van der Waals surface area contributed by atoms with Gasteiger partial charge < -0.3 is 10.2 Å². The van der Waals surface area contributed by atoms with Gasteiger partial charge in [0.25, 0.3) is 0 Å². The molecule has 0 aromatic heterocycles. The van der Waals surface area contributed by atoms with Crippen LogP contribution in [0.3, 0.4) is 0 Å². The lowest BCUT2D eigenvalue weighted by atomic mass is 9.96. The number of carbonyl (C=O) groups is 2. The first-order chi connectivity index (χ1) is 8.11. The smallest absolute Gasteiger partial charge is 0.243 e. The van der Waals surface area contributed by atoms with Crippen LogP contribution in [-0.2, 0) is 9.59 Å². The minimum Gasteiger partial charge on any atom is -0.353 e. The summed E-state index contributed by atoms with van der Waals surface area (Å²) < 4.78 is 0. The highest BCUT2D eigenvalue weighted by atomic mass is 16.2. The van der Waals surface area contributed by atoms with Crippen molar-refractivity contribution in [3.8, 4) is 0 Å². The Kier molecular flexibility index (Phi) is 3.50. The van der Waals surface area contributed by atoms with Gasteiger partial charge in [0.1, 0.15) is 6.04 Å². The Balaban J connectivity index is 2.11. The fraction of sp³-hybridized carbons (Fsp3) is 0.692. The highest BCUT2D eigenvalue weighted by Gasteiger charge is 2.37. The summed E-state index contributed by atoms with van der Waals surface area (Å²) in [6.45, 7) is 5.20. The van der Waals surface area contributed by atoms with Gasteiger partial charge in [-0.15, -0.1) is 0 Å². The maximum atomic E-state index is 12.4. The average Bonchev–Trinajstić information content (AvgIpc) is 2.80. The average molecular weight is 236 g/mol. The second kappa shape index (κ2) is 4.90. The first-order valence-corrected chi connectivity index (χ1v) is 6.34. The predicted octanol–water partition coefficient (Wildman–Crippen LogP) is 0.936. The van der Waals surface area contributed by atoms with E-state index in [0.717, 1.165) is 12.8 Å². The molecule has 1 atom stereocenters. The maximum Gasteiger partial charge on any atom is 0.243 e. The molecule has 1 unspecified atom stereocenters. The Morgan fingerprint density at radius 1 is 1.41 bits per heavy atom. The van der Waals surface area contributed by atoms with Gasteiger partial charge in [0, 0.05) is 19.0 Å². The van der Waals surface area contributed by atoms with Crippen molar-refractivity contribution in [2.24, 2.45) is 11.8 Å². The molecule has 1 heterocycles. The van der Waals surface area contributed by atoms with Gasteiger partial charge in [0.2, 0.25) is 11.8 Å². The van der Waals surface area contributed by atoms with Crippen LogP contribution in [0.15, 0.2) is 12.2 Å².